The number of morpholine rings is 1. The van der Waals surface area contributed by atoms with Gasteiger partial charge in [-0.05, 0) is 24.3 Å². The van der Waals surface area contributed by atoms with Crippen molar-refractivity contribution < 1.29 is 14.6 Å². The summed E-state index contributed by atoms with van der Waals surface area (Å²) < 4.78 is 5.32. The van der Waals surface area contributed by atoms with E-state index in [4.69, 9.17) is 4.74 Å². The van der Waals surface area contributed by atoms with Gasteiger partial charge in [-0.3, -0.25) is 9.78 Å². The molecule has 4 rings (SSSR count). The maximum Gasteiger partial charge on any atom is 0.261 e. The summed E-state index contributed by atoms with van der Waals surface area (Å²) in [5.74, 6) is -0.0541. The number of imidazole rings is 1. The first-order valence-corrected chi connectivity index (χ1v) is 8.40. The van der Waals surface area contributed by atoms with Gasteiger partial charge in [-0.25, -0.2) is 4.98 Å². The minimum atomic E-state index is -0.276. The number of aliphatic hydroxyl groups is 1. The van der Waals surface area contributed by atoms with Gasteiger partial charge >= 0.3 is 0 Å². The summed E-state index contributed by atoms with van der Waals surface area (Å²) in [7, 11) is 0. The highest BCUT2D eigenvalue weighted by molar-refractivity contribution is 6.25. The van der Waals surface area contributed by atoms with Gasteiger partial charge in [0.15, 0.2) is 0 Å². The molecule has 132 valence electrons. The van der Waals surface area contributed by atoms with Crippen molar-refractivity contribution in [3.63, 3.8) is 0 Å². The third kappa shape index (κ3) is 3.04. The molecule has 26 heavy (non-hydrogen) atoms. The Morgan fingerprint density at radius 3 is 2.58 bits per heavy atom. The number of carbonyl (C=O) groups excluding carboxylic acids is 1. The highest BCUT2D eigenvalue weighted by Gasteiger charge is 2.27. The SMILES string of the molecule is O=C(/C(=C(/O)c1ccncc1)c1nc2ccccc2[nH]1)N1CCOCC1. The van der Waals surface area contributed by atoms with Crippen LogP contribution in [0.25, 0.3) is 22.4 Å². The van der Waals surface area contributed by atoms with Gasteiger partial charge in [0.05, 0.1) is 24.2 Å². The monoisotopic (exact) mass is 350 g/mol. The van der Waals surface area contributed by atoms with Crippen LogP contribution in [-0.4, -0.2) is 57.2 Å². The summed E-state index contributed by atoms with van der Waals surface area (Å²) in [4.78, 5) is 26.4. The van der Waals surface area contributed by atoms with Crippen LogP contribution in [0.3, 0.4) is 0 Å². The molecule has 3 aromatic rings. The van der Waals surface area contributed by atoms with E-state index in [0.29, 0.717) is 37.7 Å². The third-order valence-electron chi connectivity index (χ3n) is 4.33. The van der Waals surface area contributed by atoms with E-state index in [1.165, 1.54) is 0 Å². The van der Waals surface area contributed by atoms with E-state index in [9.17, 15) is 9.90 Å². The Kier molecular flexibility index (Phi) is 4.37. The molecule has 7 nitrogen and oxygen atoms in total. The number of carbonyl (C=O) groups is 1. The molecule has 2 N–H and O–H groups in total. The first-order chi connectivity index (χ1) is 12.7. The number of hydrogen-bond acceptors (Lipinski definition) is 5. The van der Waals surface area contributed by atoms with E-state index >= 15 is 0 Å². The summed E-state index contributed by atoms with van der Waals surface area (Å²) >= 11 is 0. The second-order valence-corrected chi connectivity index (χ2v) is 5.97. The lowest BCUT2D eigenvalue weighted by molar-refractivity contribution is -0.128. The molecule has 3 heterocycles. The molecule has 0 saturated carbocycles. The van der Waals surface area contributed by atoms with Crippen LogP contribution in [0.1, 0.15) is 11.4 Å². The number of nitrogens with one attached hydrogen (secondary N) is 1. The lowest BCUT2D eigenvalue weighted by Crippen LogP contribution is -2.41. The fourth-order valence-electron chi connectivity index (χ4n) is 2.96. The van der Waals surface area contributed by atoms with Gasteiger partial charge in [-0.15, -0.1) is 0 Å². The third-order valence-corrected chi connectivity index (χ3v) is 4.33. The Bertz CT molecular complexity index is 926. The molecule has 0 spiro atoms. The number of nitrogens with zero attached hydrogens (tertiary/aromatic N) is 3. The van der Waals surface area contributed by atoms with Crippen molar-refractivity contribution in [3.8, 4) is 0 Å². The number of amides is 1. The molecule has 1 saturated heterocycles. The summed E-state index contributed by atoms with van der Waals surface area (Å²) in [6.45, 7) is 1.92. The van der Waals surface area contributed by atoms with Gasteiger partial charge in [0.1, 0.15) is 17.2 Å². The largest absolute Gasteiger partial charge is 0.506 e. The zero-order chi connectivity index (χ0) is 17.9. The average molecular weight is 350 g/mol. The zero-order valence-corrected chi connectivity index (χ0v) is 14.1. The molecule has 1 aliphatic rings. The van der Waals surface area contributed by atoms with E-state index in [2.05, 4.69) is 15.0 Å². The van der Waals surface area contributed by atoms with Crippen LogP contribution in [0, 0.1) is 0 Å². The van der Waals surface area contributed by atoms with Crippen LogP contribution < -0.4 is 0 Å². The molecule has 0 unspecified atom stereocenters. The summed E-state index contributed by atoms with van der Waals surface area (Å²) in [6.07, 6.45) is 3.14. The van der Waals surface area contributed by atoms with E-state index in [-0.39, 0.29) is 17.2 Å². The fourth-order valence-corrected chi connectivity index (χ4v) is 2.96. The van der Waals surface area contributed by atoms with E-state index in [1.807, 2.05) is 24.3 Å². The molecule has 1 amide bonds. The number of para-hydroxylation sites is 2. The molecular weight excluding hydrogens is 332 g/mol. The smallest absolute Gasteiger partial charge is 0.261 e. The van der Waals surface area contributed by atoms with Gasteiger partial charge in [-0.2, -0.15) is 0 Å². The van der Waals surface area contributed by atoms with E-state index in [1.54, 1.807) is 29.4 Å². The van der Waals surface area contributed by atoms with Crippen LogP contribution in [0.15, 0.2) is 48.8 Å². The quantitative estimate of drug-likeness (QED) is 0.558. The Morgan fingerprint density at radius 2 is 1.85 bits per heavy atom. The molecule has 2 aromatic heterocycles. The second kappa shape index (κ2) is 6.97. The summed E-state index contributed by atoms with van der Waals surface area (Å²) in [6, 6.07) is 10.8. The lowest BCUT2D eigenvalue weighted by atomic mass is 10.1. The predicted molar refractivity (Wildman–Crippen MR) is 97.2 cm³/mol. The Morgan fingerprint density at radius 1 is 1.12 bits per heavy atom. The average Bonchev–Trinajstić information content (AvgIpc) is 3.13. The molecule has 0 radical (unpaired) electrons. The van der Waals surface area contributed by atoms with Crippen molar-refractivity contribution in [1.82, 2.24) is 19.9 Å². The lowest BCUT2D eigenvalue weighted by Gasteiger charge is -2.27. The number of benzene rings is 1. The number of pyridine rings is 1. The maximum atomic E-state index is 13.2. The molecule has 1 aromatic carbocycles. The molecule has 0 aliphatic carbocycles. The van der Waals surface area contributed by atoms with Gasteiger partial charge in [0.25, 0.3) is 5.91 Å². The number of rotatable bonds is 3. The topological polar surface area (TPSA) is 91.3 Å². The molecule has 1 fully saturated rings. The number of aromatic nitrogens is 3. The summed E-state index contributed by atoms with van der Waals surface area (Å²) in [5, 5.41) is 10.9. The minimum Gasteiger partial charge on any atom is -0.506 e. The number of aromatic amines is 1. The molecule has 0 bridgehead atoms. The fraction of sp³-hybridized carbons (Fsp3) is 0.211. The van der Waals surface area contributed by atoms with Crippen LogP contribution in [0.5, 0.6) is 0 Å². The van der Waals surface area contributed by atoms with Crippen molar-refractivity contribution in [2.75, 3.05) is 26.3 Å². The number of ether oxygens (including phenoxy) is 1. The van der Waals surface area contributed by atoms with Crippen molar-refractivity contribution >= 4 is 28.3 Å². The van der Waals surface area contributed by atoms with Gasteiger partial charge in [0, 0.05) is 31.0 Å². The molecular formula is C19H18N4O3. The van der Waals surface area contributed by atoms with Gasteiger partial charge < -0.3 is 19.7 Å². The standard InChI is InChI=1S/C19H18N4O3/c24-17(13-5-7-20-8-6-13)16(19(25)23-9-11-26-12-10-23)18-21-14-3-1-2-4-15(14)22-18/h1-8,24H,9-12H2,(H,21,22)/b17-16+. The Hall–Kier alpha value is -3.19. The van der Waals surface area contributed by atoms with Crippen molar-refractivity contribution in [1.29, 1.82) is 0 Å². The van der Waals surface area contributed by atoms with Crippen LogP contribution in [-0.2, 0) is 9.53 Å². The Labute approximate surface area is 150 Å². The normalized spacial score (nSPS) is 15.8. The van der Waals surface area contributed by atoms with Crippen LogP contribution in [0.4, 0.5) is 0 Å². The summed E-state index contributed by atoms with van der Waals surface area (Å²) in [5.41, 5.74) is 2.20. The zero-order valence-electron chi connectivity index (χ0n) is 14.1. The van der Waals surface area contributed by atoms with Crippen molar-refractivity contribution in [2.45, 2.75) is 0 Å². The van der Waals surface area contributed by atoms with Crippen molar-refractivity contribution in [3.05, 3.63) is 60.2 Å². The highest BCUT2D eigenvalue weighted by atomic mass is 16.5. The molecule has 7 heteroatoms. The highest BCUT2D eigenvalue weighted by Crippen LogP contribution is 2.26. The first kappa shape index (κ1) is 16.3. The Balaban J connectivity index is 1.84. The second-order valence-electron chi connectivity index (χ2n) is 5.97. The number of fused-ring (bicyclic) bond motifs is 1. The number of hydrogen-bond donors (Lipinski definition) is 2. The van der Waals surface area contributed by atoms with Crippen molar-refractivity contribution in [2.24, 2.45) is 0 Å². The van der Waals surface area contributed by atoms with E-state index in [0.717, 1.165) is 11.0 Å². The maximum absolute atomic E-state index is 13.2. The van der Waals surface area contributed by atoms with Crippen LogP contribution in [0.2, 0.25) is 0 Å². The van der Waals surface area contributed by atoms with Gasteiger partial charge in [-0.1, -0.05) is 12.1 Å². The predicted octanol–water partition coefficient (Wildman–Crippen LogP) is 2.24. The van der Waals surface area contributed by atoms with E-state index < -0.39 is 0 Å². The molecule has 0 atom stereocenters. The number of H-pyrrole nitrogens is 1. The molecule has 1 aliphatic heterocycles. The van der Waals surface area contributed by atoms with Gasteiger partial charge in [0.2, 0.25) is 0 Å². The minimum absolute atomic E-state index is 0.122. The van der Waals surface area contributed by atoms with Crippen LogP contribution >= 0.6 is 0 Å². The first-order valence-electron chi connectivity index (χ1n) is 8.40. The number of aliphatic hydroxyl groups excluding tert-OH is 1.